The van der Waals surface area contributed by atoms with Crippen molar-refractivity contribution in [3.05, 3.63) is 21.8 Å². The molecule has 0 spiro atoms. The van der Waals surface area contributed by atoms with Crippen LogP contribution in [0.3, 0.4) is 0 Å². The highest BCUT2D eigenvalue weighted by Crippen LogP contribution is 2.29. The molecule has 0 amide bonds. The molecule has 0 saturated heterocycles. The summed E-state index contributed by atoms with van der Waals surface area (Å²) in [6, 6.07) is 3.39. The highest BCUT2D eigenvalue weighted by Gasteiger charge is 2.49. The first kappa shape index (κ1) is 20.4. The first-order chi connectivity index (χ1) is 10.4. The molecule has 0 N–H and O–H groups in total. The lowest BCUT2D eigenvalue weighted by atomic mass is 10.3. The van der Waals surface area contributed by atoms with Gasteiger partial charge >= 0.3 is 17.2 Å². The van der Waals surface area contributed by atoms with Gasteiger partial charge in [0.05, 0.1) is 3.57 Å². The molecule has 1 unspecified atom stereocenters. The van der Waals surface area contributed by atoms with Gasteiger partial charge in [-0.3, -0.25) is 4.79 Å². The number of benzene rings is 1. The lowest BCUT2D eigenvalue weighted by molar-refractivity contribution is -0.151. The van der Waals surface area contributed by atoms with Gasteiger partial charge in [-0.1, -0.05) is 22.6 Å². The molecule has 0 saturated carbocycles. The molecule has 1 atom stereocenters. The SMILES string of the molecule is CC(I)C(=O)Oc1ccc(OC(=O)C(F)(F)S(=O)(=O)[O-])c(I)c1. The Morgan fingerprint density at radius 2 is 1.87 bits per heavy atom. The van der Waals surface area contributed by atoms with E-state index in [4.69, 9.17) is 4.74 Å². The zero-order chi connectivity index (χ0) is 18.0. The summed E-state index contributed by atoms with van der Waals surface area (Å²) in [5.74, 6) is -3.40. The van der Waals surface area contributed by atoms with Gasteiger partial charge in [0.15, 0.2) is 10.1 Å². The average molecular weight is 575 g/mol. The van der Waals surface area contributed by atoms with E-state index in [0.717, 1.165) is 12.1 Å². The Morgan fingerprint density at radius 1 is 1.30 bits per heavy atom. The van der Waals surface area contributed by atoms with Crippen LogP contribution in [0, 0.1) is 3.57 Å². The molecule has 0 aromatic heterocycles. The van der Waals surface area contributed by atoms with Crippen molar-refractivity contribution in [2.24, 2.45) is 0 Å². The van der Waals surface area contributed by atoms with E-state index in [1.807, 2.05) is 22.6 Å². The lowest BCUT2D eigenvalue weighted by Gasteiger charge is -2.18. The number of carbonyl (C=O) groups excluding carboxylic acids is 2. The van der Waals surface area contributed by atoms with Crippen molar-refractivity contribution in [3.63, 3.8) is 0 Å². The number of ether oxygens (including phenoxy) is 2. The molecule has 23 heavy (non-hydrogen) atoms. The van der Waals surface area contributed by atoms with Crippen LogP contribution in [0.5, 0.6) is 11.5 Å². The quantitative estimate of drug-likeness (QED) is 0.174. The largest absolute Gasteiger partial charge is 0.743 e. The van der Waals surface area contributed by atoms with Crippen LogP contribution in [-0.4, -0.2) is 34.1 Å². The van der Waals surface area contributed by atoms with Crippen LogP contribution in [0.4, 0.5) is 8.78 Å². The van der Waals surface area contributed by atoms with Crippen molar-refractivity contribution >= 4 is 67.2 Å². The first-order valence-corrected chi connectivity index (χ1v) is 9.30. The Kier molecular flexibility index (Phi) is 6.68. The van der Waals surface area contributed by atoms with Crippen LogP contribution >= 0.6 is 45.2 Å². The van der Waals surface area contributed by atoms with E-state index in [1.54, 1.807) is 29.5 Å². The smallest absolute Gasteiger partial charge is 0.429 e. The average Bonchev–Trinajstić information content (AvgIpc) is 2.40. The van der Waals surface area contributed by atoms with Crippen LogP contribution in [0.25, 0.3) is 0 Å². The van der Waals surface area contributed by atoms with Gasteiger partial charge in [0, 0.05) is 0 Å². The second kappa shape index (κ2) is 7.52. The van der Waals surface area contributed by atoms with E-state index >= 15 is 0 Å². The predicted molar refractivity (Wildman–Crippen MR) is 88.6 cm³/mol. The summed E-state index contributed by atoms with van der Waals surface area (Å²) in [6.07, 6.45) is 0. The van der Waals surface area contributed by atoms with Gasteiger partial charge in [-0.25, -0.2) is 13.2 Å². The van der Waals surface area contributed by atoms with E-state index in [2.05, 4.69) is 4.74 Å². The fourth-order valence-corrected chi connectivity index (χ4v) is 2.06. The van der Waals surface area contributed by atoms with Gasteiger partial charge in [0.2, 0.25) is 0 Å². The summed E-state index contributed by atoms with van der Waals surface area (Å²) in [7, 11) is -6.20. The second-order valence-electron chi connectivity index (χ2n) is 3.99. The maximum atomic E-state index is 13.0. The number of esters is 2. The Bertz CT molecular complexity index is 734. The monoisotopic (exact) mass is 575 g/mol. The molecule has 1 aromatic rings. The Morgan fingerprint density at radius 3 is 2.30 bits per heavy atom. The summed E-state index contributed by atoms with van der Waals surface area (Å²) >= 11 is 3.42. The number of carbonyl (C=O) groups is 2. The number of hydrogen-bond acceptors (Lipinski definition) is 7. The lowest BCUT2D eigenvalue weighted by Crippen LogP contribution is -2.40. The van der Waals surface area contributed by atoms with E-state index in [1.165, 1.54) is 6.07 Å². The van der Waals surface area contributed by atoms with E-state index in [9.17, 15) is 31.3 Å². The van der Waals surface area contributed by atoms with E-state index in [-0.39, 0.29) is 9.32 Å². The highest BCUT2D eigenvalue weighted by molar-refractivity contribution is 14.1. The Balaban J connectivity index is 2.96. The summed E-state index contributed by atoms with van der Waals surface area (Å²) < 4.78 is 65.9. The number of hydrogen-bond donors (Lipinski definition) is 0. The van der Waals surface area contributed by atoms with Gasteiger partial charge in [-0.15, -0.1) is 0 Å². The molecule has 1 aromatic carbocycles. The van der Waals surface area contributed by atoms with Crippen molar-refractivity contribution in [1.82, 2.24) is 0 Å². The van der Waals surface area contributed by atoms with Crippen molar-refractivity contribution in [2.75, 3.05) is 0 Å². The minimum Gasteiger partial charge on any atom is -0.743 e. The third-order valence-electron chi connectivity index (χ3n) is 2.20. The molecule has 0 fully saturated rings. The van der Waals surface area contributed by atoms with Crippen molar-refractivity contribution in [3.8, 4) is 11.5 Å². The summed E-state index contributed by atoms with van der Waals surface area (Å²) in [5, 5.41) is -5.21. The minimum absolute atomic E-state index is 0.0749. The fourth-order valence-electron chi connectivity index (χ4n) is 1.09. The summed E-state index contributed by atoms with van der Waals surface area (Å²) in [4.78, 5) is 22.6. The molecule has 0 aliphatic heterocycles. The standard InChI is InChI=1S/C11H8F2I2O7S/c1-5(14)9(16)21-6-2-3-8(7(15)4-6)22-10(17)11(12,13)23(18,19)20/h2-5H,1H3,(H,18,19,20)/p-1. The van der Waals surface area contributed by atoms with Crippen LogP contribution in [-0.2, 0) is 19.7 Å². The molecule has 0 aliphatic carbocycles. The molecule has 0 heterocycles. The van der Waals surface area contributed by atoms with Gasteiger partial charge < -0.3 is 14.0 Å². The van der Waals surface area contributed by atoms with Crippen molar-refractivity contribution < 1.29 is 40.8 Å². The molecule has 128 valence electrons. The molecule has 0 aliphatic rings. The molecule has 0 radical (unpaired) electrons. The third kappa shape index (κ3) is 5.18. The fraction of sp³-hybridized carbons (Fsp3) is 0.273. The van der Waals surface area contributed by atoms with Crippen LogP contribution in [0.1, 0.15) is 6.92 Å². The third-order valence-corrected chi connectivity index (χ3v) is 4.35. The Hall–Kier alpha value is -0.610. The minimum atomic E-state index is -6.20. The molecular formula is C11H7F2I2O7S-. The number of halogens is 4. The highest BCUT2D eigenvalue weighted by atomic mass is 127. The zero-order valence-corrected chi connectivity index (χ0v) is 16.2. The summed E-state index contributed by atoms with van der Waals surface area (Å²) in [6.45, 7) is 1.59. The van der Waals surface area contributed by atoms with Crippen molar-refractivity contribution in [2.45, 2.75) is 16.1 Å². The van der Waals surface area contributed by atoms with Gasteiger partial charge in [-0.2, -0.15) is 8.78 Å². The molecule has 7 nitrogen and oxygen atoms in total. The summed E-state index contributed by atoms with van der Waals surface area (Å²) in [5.41, 5.74) is 0. The van der Waals surface area contributed by atoms with E-state index in [0.29, 0.717) is 0 Å². The molecular weight excluding hydrogens is 568 g/mol. The van der Waals surface area contributed by atoms with Gasteiger partial charge in [0.25, 0.3) is 0 Å². The number of rotatable bonds is 5. The van der Waals surface area contributed by atoms with Crippen LogP contribution < -0.4 is 9.47 Å². The molecule has 1 rings (SSSR count). The number of alkyl halides is 3. The molecule has 12 heteroatoms. The first-order valence-electron chi connectivity index (χ1n) is 5.57. The van der Waals surface area contributed by atoms with Gasteiger partial charge in [-0.05, 0) is 47.7 Å². The van der Waals surface area contributed by atoms with Crippen LogP contribution in [0.15, 0.2) is 18.2 Å². The maximum absolute atomic E-state index is 13.0. The Labute approximate surface area is 156 Å². The zero-order valence-electron chi connectivity index (χ0n) is 11.1. The van der Waals surface area contributed by atoms with Crippen molar-refractivity contribution in [1.29, 1.82) is 0 Å². The van der Waals surface area contributed by atoms with Gasteiger partial charge in [0.1, 0.15) is 15.4 Å². The molecule has 0 bridgehead atoms. The van der Waals surface area contributed by atoms with E-state index < -0.39 is 37.0 Å². The predicted octanol–water partition coefficient (Wildman–Crippen LogP) is 2.06. The normalized spacial score (nSPS) is 13.3. The topological polar surface area (TPSA) is 110 Å². The van der Waals surface area contributed by atoms with Crippen LogP contribution in [0.2, 0.25) is 0 Å². The maximum Gasteiger partial charge on any atom is 0.429 e. The second-order valence-corrected chi connectivity index (χ2v) is 8.44.